The second-order valence-electron chi connectivity index (χ2n) is 6.32. The van der Waals surface area contributed by atoms with Crippen LogP contribution in [0.15, 0.2) is 33.9 Å². The number of amides is 2. The van der Waals surface area contributed by atoms with Gasteiger partial charge in [0.1, 0.15) is 5.82 Å². The first-order valence-electron chi connectivity index (χ1n) is 8.89. The van der Waals surface area contributed by atoms with Crippen molar-refractivity contribution in [2.24, 2.45) is 0 Å². The lowest BCUT2D eigenvalue weighted by atomic mass is 9.95. The molecular formula is C18H21FN4O3S. The van der Waals surface area contributed by atoms with E-state index in [4.69, 9.17) is 4.42 Å². The Balaban J connectivity index is 1.42. The third-order valence-electron chi connectivity index (χ3n) is 4.26. The maximum absolute atomic E-state index is 13.6. The van der Waals surface area contributed by atoms with Crippen molar-refractivity contribution < 1.29 is 18.4 Å². The molecule has 1 aromatic heterocycles. The summed E-state index contributed by atoms with van der Waals surface area (Å²) in [6, 6.07) is 5.97. The molecule has 2 N–H and O–H groups in total. The van der Waals surface area contributed by atoms with Crippen molar-refractivity contribution in [2.75, 3.05) is 5.75 Å². The number of halogens is 1. The minimum atomic E-state index is -0.597. The number of carbonyl (C=O) groups excluding carboxylic acids is 2. The van der Waals surface area contributed by atoms with E-state index in [2.05, 4.69) is 20.8 Å². The van der Waals surface area contributed by atoms with Crippen LogP contribution in [0.3, 0.4) is 0 Å². The Bertz CT molecular complexity index is 792. The minimum absolute atomic E-state index is 0.0189. The molecule has 144 valence electrons. The fourth-order valence-electron chi connectivity index (χ4n) is 2.91. The average molecular weight is 392 g/mol. The predicted octanol–water partition coefficient (Wildman–Crippen LogP) is 2.68. The van der Waals surface area contributed by atoms with Crippen LogP contribution in [0.4, 0.5) is 4.39 Å². The second-order valence-corrected chi connectivity index (χ2v) is 7.24. The minimum Gasteiger partial charge on any atom is -0.414 e. The molecule has 9 heteroatoms. The van der Waals surface area contributed by atoms with Gasteiger partial charge in [0.15, 0.2) is 0 Å². The first-order valence-corrected chi connectivity index (χ1v) is 9.87. The lowest BCUT2D eigenvalue weighted by Crippen LogP contribution is -2.37. The van der Waals surface area contributed by atoms with Crippen LogP contribution >= 0.6 is 11.8 Å². The lowest BCUT2D eigenvalue weighted by molar-refractivity contribution is -0.119. The van der Waals surface area contributed by atoms with Gasteiger partial charge in [-0.2, -0.15) is 0 Å². The van der Waals surface area contributed by atoms with E-state index in [0.717, 1.165) is 37.4 Å². The highest BCUT2D eigenvalue weighted by molar-refractivity contribution is 7.99. The number of carbonyl (C=O) groups is 2. The summed E-state index contributed by atoms with van der Waals surface area (Å²) in [5.74, 6) is -0.831. The maximum atomic E-state index is 13.6. The van der Waals surface area contributed by atoms with Crippen LogP contribution in [0.2, 0.25) is 0 Å². The Kier molecular flexibility index (Phi) is 6.80. The monoisotopic (exact) mass is 392 g/mol. The lowest BCUT2D eigenvalue weighted by Gasteiger charge is -2.22. The number of thioether (sulfide) groups is 1. The van der Waals surface area contributed by atoms with E-state index < -0.39 is 11.7 Å². The van der Waals surface area contributed by atoms with Crippen LogP contribution in [0.1, 0.15) is 48.4 Å². The van der Waals surface area contributed by atoms with Crippen molar-refractivity contribution in [2.45, 2.75) is 49.9 Å². The summed E-state index contributed by atoms with van der Waals surface area (Å²) in [5.41, 5.74) is -0.0500. The van der Waals surface area contributed by atoms with Crippen molar-refractivity contribution in [1.82, 2.24) is 20.8 Å². The van der Waals surface area contributed by atoms with E-state index in [0.29, 0.717) is 0 Å². The first kappa shape index (κ1) is 19.3. The molecular weight excluding hydrogens is 371 g/mol. The predicted molar refractivity (Wildman–Crippen MR) is 97.6 cm³/mol. The Labute approximate surface area is 160 Å². The van der Waals surface area contributed by atoms with Gasteiger partial charge in [0.05, 0.1) is 17.9 Å². The zero-order valence-corrected chi connectivity index (χ0v) is 15.6. The number of nitrogens with zero attached hydrogens (tertiary/aromatic N) is 2. The number of nitrogens with one attached hydrogen (secondary N) is 2. The normalized spacial score (nSPS) is 14.7. The third-order valence-corrected chi connectivity index (χ3v) is 5.08. The zero-order chi connectivity index (χ0) is 19.1. The Morgan fingerprint density at radius 3 is 2.74 bits per heavy atom. The van der Waals surface area contributed by atoms with Crippen molar-refractivity contribution >= 4 is 23.6 Å². The van der Waals surface area contributed by atoms with Gasteiger partial charge in [-0.1, -0.05) is 43.2 Å². The van der Waals surface area contributed by atoms with Gasteiger partial charge in [-0.15, -0.1) is 10.2 Å². The molecule has 0 bridgehead atoms. The molecule has 1 saturated carbocycles. The van der Waals surface area contributed by atoms with Gasteiger partial charge in [0.25, 0.3) is 11.1 Å². The highest BCUT2D eigenvalue weighted by atomic mass is 32.2. The van der Waals surface area contributed by atoms with Gasteiger partial charge in [0.2, 0.25) is 11.8 Å². The van der Waals surface area contributed by atoms with E-state index in [9.17, 15) is 14.0 Å². The second kappa shape index (κ2) is 9.50. The van der Waals surface area contributed by atoms with Gasteiger partial charge in [0, 0.05) is 6.04 Å². The molecule has 0 atom stereocenters. The molecule has 2 aromatic rings. The highest BCUT2D eigenvalue weighted by Crippen LogP contribution is 2.19. The molecule has 0 spiro atoms. The third kappa shape index (κ3) is 5.78. The van der Waals surface area contributed by atoms with Crippen molar-refractivity contribution in [1.29, 1.82) is 0 Å². The molecule has 0 saturated heterocycles. The van der Waals surface area contributed by atoms with E-state index in [1.807, 2.05) is 0 Å². The summed E-state index contributed by atoms with van der Waals surface area (Å²) in [6.07, 6.45) is 5.61. The van der Waals surface area contributed by atoms with E-state index >= 15 is 0 Å². The fraction of sp³-hybridized carbons (Fsp3) is 0.444. The largest absolute Gasteiger partial charge is 0.414 e. The summed E-state index contributed by atoms with van der Waals surface area (Å²) in [4.78, 5) is 23.9. The number of hydrogen-bond acceptors (Lipinski definition) is 6. The zero-order valence-electron chi connectivity index (χ0n) is 14.7. The standard InChI is InChI=1S/C18H21FN4O3S/c19-14-9-5-4-8-13(14)17(25)20-10-16-22-23-18(26-16)27-11-15(24)21-12-6-2-1-3-7-12/h4-5,8-9,12H,1-3,6-7,10-11H2,(H,20,25)(H,21,24). The molecule has 0 unspecified atom stereocenters. The van der Waals surface area contributed by atoms with Crippen molar-refractivity contribution in [3.8, 4) is 0 Å². The first-order chi connectivity index (χ1) is 13.1. The van der Waals surface area contributed by atoms with Gasteiger partial charge in [-0.3, -0.25) is 9.59 Å². The summed E-state index contributed by atoms with van der Waals surface area (Å²) in [5, 5.41) is 13.5. The van der Waals surface area contributed by atoms with E-state index in [1.54, 1.807) is 6.07 Å². The molecule has 1 aromatic carbocycles. The van der Waals surface area contributed by atoms with Crippen LogP contribution in [0.25, 0.3) is 0 Å². The molecule has 27 heavy (non-hydrogen) atoms. The molecule has 1 aliphatic rings. The quantitative estimate of drug-likeness (QED) is 0.703. The Hall–Kier alpha value is -2.42. The van der Waals surface area contributed by atoms with Crippen LogP contribution in [-0.4, -0.2) is 33.8 Å². The van der Waals surface area contributed by atoms with Gasteiger partial charge >= 0.3 is 0 Å². The molecule has 0 radical (unpaired) electrons. The molecule has 7 nitrogen and oxygen atoms in total. The summed E-state index contributed by atoms with van der Waals surface area (Å²) >= 11 is 1.15. The average Bonchev–Trinajstić information content (AvgIpc) is 3.14. The topological polar surface area (TPSA) is 97.1 Å². The van der Waals surface area contributed by atoms with Gasteiger partial charge < -0.3 is 15.1 Å². The van der Waals surface area contributed by atoms with Crippen LogP contribution in [0, 0.1) is 5.82 Å². The maximum Gasteiger partial charge on any atom is 0.277 e. The molecule has 1 aliphatic carbocycles. The molecule has 1 fully saturated rings. The number of benzene rings is 1. The van der Waals surface area contributed by atoms with E-state index in [-0.39, 0.29) is 40.9 Å². The summed E-state index contributed by atoms with van der Waals surface area (Å²) < 4.78 is 19.0. The summed E-state index contributed by atoms with van der Waals surface area (Å²) in [7, 11) is 0. The SMILES string of the molecule is O=C(CSc1nnc(CNC(=O)c2ccccc2F)o1)NC1CCCCC1. The van der Waals surface area contributed by atoms with Crippen LogP contribution < -0.4 is 10.6 Å². The molecule has 3 rings (SSSR count). The number of hydrogen-bond donors (Lipinski definition) is 2. The fourth-order valence-corrected chi connectivity index (χ4v) is 3.50. The summed E-state index contributed by atoms with van der Waals surface area (Å²) in [6.45, 7) is -0.0189. The van der Waals surface area contributed by atoms with Gasteiger partial charge in [-0.25, -0.2) is 4.39 Å². The van der Waals surface area contributed by atoms with Crippen molar-refractivity contribution in [3.63, 3.8) is 0 Å². The van der Waals surface area contributed by atoms with Gasteiger partial charge in [-0.05, 0) is 25.0 Å². The van der Waals surface area contributed by atoms with Crippen LogP contribution in [0.5, 0.6) is 0 Å². The van der Waals surface area contributed by atoms with Crippen LogP contribution in [-0.2, 0) is 11.3 Å². The number of aromatic nitrogens is 2. The molecule has 2 amide bonds. The Morgan fingerprint density at radius 2 is 1.96 bits per heavy atom. The molecule has 1 heterocycles. The highest BCUT2D eigenvalue weighted by Gasteiger charge is 2.17. The smallest absolute Gasteiger partial charge is 0.277 e. The van der Waals surface area contributed by atoms with E-state index in [1.165, 1.54) is 24.6 Å². The Morgan fingerprint density at radius 1 is 1.19 bits per heavy atom. The number of rotatable bonds is 7. The molecule has 0 aliphatic heterocycles. The van der Waals surface area contributed by atoms with Crippen molar-refractivity contribution in [3.05, 3.63) is 41.5 Å².